The van der Waals surface area contributed by atoms with Gasteiger partial charge in [0.1, 0.15) is 29.8 Å². The third-order valence-electron chi connectivity index (χ3n) is 13.4. The monoisotopic (exact) mass is 882 g/mol. The molecule has 1 aliphatic heterocycles. The number of pyridine rings is 1. The Morgan fingerprint density at radius 2 is 1.19 bits per heavy atom. The number of anilines is 4. The number of nitrogens with zero attached hydrogens (tertiary/aromatic N) is 4. The molecule has 0 N–H and O–H groups in total. The van der Waals surface area contributed by atoms with Crippen molar-refractivity contribution in [2.75, 3.05) is 16.5 Å². The van der Waals surface area contributed by atoms with Crippen molar-refractivity contribution in [3.05, 3.63) is 192 Å². The van der Waals surface area contributed by atoms with Crippen LogP contribution in [0.25, 0.3) is 49.9 Å². The molecule has 0 saturated carbocycles. The fraction of sp³-hybridized carbons (Fsp3) is 0.230. The van der Waals surface area contributed by atoms with Gasteiger partial charge >= 0.3 is 0 Å². The molecule has 0 spiro atoms. The molecule has 67 heavy (non-hydrogen) atoms. The van der Waals surface area contributed by atoms with E-state index in [1.165, 1.54) is 45.3 Å². The van der Waals surface area contributed by atoms with E-state index in [1.807, 2.05) is 18.3 Å². The minimum absolute atomic E-state index is 0.0354. The Balaban J connectivity index is 1.15. The van der Waals surface area contributed by atoms with Gasteiger partial charge in [0.2, 0.25) is 0 Å². The Morgan fingerprint density at radius 1 is 0.552 bits per heavy atom. The normalized spacial score (nSPS) is 12.9. The average molecular weight is 883 g/mol. The quantitative estimate of drug-likeness (QED) is 0.137. The minimum atomic E-state index is -0.248. The maximum atomic E-state index is 14.2. The second-order valence-corrected chi connectivity index (χ2v) is 20.1. The smallest absolute Gasteiger partial charge is 0.137 e. The number of halogens is 1. The molecule has 0 amide bonds. The Hall–Kier alpha value is -7.18. The zero-order valence-electron chi connectivity index (χ0n) is 40.1. The molecule has 7 aromatic carbocycles. The van der Waals surface area contributed by atoms with E-state index in [0.717, 1.165) is 73.2 Å². The Labute approximate surface area is 395 Å². The molecule has 9 aromatic rings. The highest BCUT2D eigenvalue weighted by atomic mass is 19.1. The molecule has 2 aromatic heterocycles. The van der Waals surface area contributed by atoms with Crippen LogP contribution in [-0.2, 0) is 5.41 Å². The van der Waals surface area contributed by atoms with E-state index < -0.39 is 0 Å². The maximum absolute atomic E-state index is 14.2. The summed E-state index contributed by atoms with van der Waals surface area (Å²) in [5, 5.41) is 2.31. The fourth-order valence-electron chi connectivity index (χ4n) is 9.86. The third kappa shape index (κ3) is 8.13. The first kappa shape index (κ1) is 43.7. The van der Waals surface area contributed by atoms with E-state index in [1.54, 1.807) is 0 Å². The fourth-order valence-corrected chi connectivity index (χ4v) is 9.86. The summed E-state index contributed by atoms with van der Waals surface area (Å²) in [6.07, 6.45) is 1.92. The van der Waals surface area contributed by atoms with Gasteiger partial charge in [0.05, 0.1) is 28.1 Å². The van der Waals surface area contributed by atoms with E-state index in [2.05, 4.69) is 210 Å². The first-order valence-corrected chi connectivity index (χ1v) is 23.7. The maximum Gasteiger partial charge on any atom is 0.137 e. The highest BCUT2D eigenvalue weighted by Crippen LogP contribution is 2.49. The molecule has 6 heteroatoms. The van der Waals surface area contributed by atoms with Gasteiger partial charge in [-0.05, 0) is 135 Å². The average Bonchev–Trinajstić information content (AvgIpc) is 3.87. The van der Waals surface area contributed by atoms with Gasteiger partial charge in [-0.25, -0.2) is 9.37 Å². The summed E-state index contributed by atoms with van der Waals surface area (Å²) in [6, 6.07) is 54.8. The highest BCUT2D eigenvalue weighted by Gasteiger charge is 2.31. The highest BCUT2D eigenvalue weighted by molar-refractivity contribution is 6.09. The molecule has 0 unspecified atom stereocenters. The largest absolute Gasteiger partial charge is 0.457 e. The Kier molecular flexibility index (Phi) is 11.2. The van der Waals surface area contributed by atoms with Crippen molar-refractivity contribution < 1.29 is 9.13 Å². The number of hydrogen-bond donors (Lipinski definition) is 0. The van der Waals surface area contributed by atoms with E-state index in [0.29, 0.717) is 24.4 Å². The molecule has 0 aliphatic carbocycles. The molecular formula is C61H59FN4O. The summed E-state index contributed by atoms with van der Waals surface area (Å²) >= 11 is 0. The van der Waals surface area contributed by atoms with Gasteiger partial charge in [0, 0.05) is 40.4 Å². The third-order valence-corrected chi connectivity index (χ3v) is 13.4. The Bertz CT molecular complexity index is 3270. The van der Waals surface area contributed by atoms with Crippen molar-refractivity contribution >= 4 is 44.6 Å². The van der Waals surface area contributed by atoms with Crippen LogP contribution in [0, 0.1) is 5.82 Å². The molecular weight excluding hydrogens is 824 g/mol. The van der Waals surface area contributed by atoms with Crippen LogP contribution in [0.1, 0.15) is 102 Å². The van der Waals surface area contributed by atoms with E-state index in [4.69, 9.17) is 9.72 Å². The number of hydrogen-bond acceptors (Lipinski definition) is 4. The van der Waals surface area contributed by atoms with Crippen molar-refractivity contribution in [2.24, 2.45) is 0 Å². The lowest BCUT2D eigenvalue weighted by Gasteiger charge is -2.27. The van der Waals surface area contributed by atoms with Crippen molar-refractivity contribution in [1.29, 1.82) is 0 Å². The molecule has 1 aliphatic rings. The zero-order valence-corrected chi connectivity index (χ0v) is 40.1. The first-order chi connectivity index (χ1) is 32.2. The van der Waals surface area contributed by atoms with E-state index >= 15 is 0 Å². The predicted octanol–water partition coefficient (Wildman–Crippen LogP) is 17.4. The van der Waals surface area contributed by atoms with Crippen LogP contribution in [0.2, 0.25) is 0 Å². The molecule has 0 radical (unpaired) electrons. The van der Waals surface area contributed by atoms with Crippen molar-refractivity contribution in [3.8, 4) is 39.6 Å². The summed E-state index contributed by atoms with van der Waals surface area (Å²) in [4.78, 5) is 9.71. The summed E-state index contributed by atoms with van der Waals surface area (Å²) in [5.74, 6) is 3.11. The number of para-hydroxylation sites is 4. The van der Waals surface area contributed by atoms with Crippen LogP contribution < -0.4 is 14.5 Å². The van der Waals surface area contributed by atoms with Crippen LogP contribution in [0.5, 0.6) is 11.5 Å². The number of fused-ring (bicyclic) bond motifs is 4. The van der Waals surface area contributed by atoms with Gasteiger partial charge in [-0.2, -0.15) is 0 Å². The summed E-state index contributed by atoms with van der Waals surface area (Å²) in [5.41, 5.74) is 16.0. The molecule has 3 heterocycles. The van der Waals surface area contributed by atoms with Crippen molar-refractivity contribution in [1.82, 2.24) is 9.55 Å². The summed E-state index contributed by atoms with van der Waals surface area (Å²) < 4.78 is 23.6. The topological polar surface area (TPSA) is 33.5 Å². The van der Waals surface area contributed by atoms with Gasteiger partial charge in [-0.1, -0.05) is 135 Å². The molecule has 0 saturated heterocycles. The minimum Gasteiger partial charge on any atom is -0.457 e. The van der Waals surface area contributed by atoms with Gasteiger partial charge in [-0.3, -0.25) is 4.57 Å². The molecule has 0 bridgehead atoms. The zero-order chi connectivity index (χ0) is 46.7. The van der Waals surface area contributed by atoms with Gasteiger partial charge in [0.25, 0.3) is 0 Å². The second kappa shape index (κ2) is 17.2. The van der Waals surface area contributed by atoms with Crippen molar-refractivity contribution in [2.45, 2.75) is 85.5 Å². The van der Waals surface area contributed by atoms with Crippen LogP contribution in [0.15, 0.2) is 164 Å². The van der Waals surface area contributed by atoms with Gasteiger partial charge in [-0.15, -0.1) is 0 Å². The van der Waals surface area contributed by atoms with Crippen LogP contribution in [0.3, 0.4) is 0 Å². The molecule has 5 nitrogen and oxygen atoms in total. The lowest BCUT2D eigenvalue weighted by atomic mass is 9.81. The van der Waals surface area contributed by atoms with Gasteiger partial charge < -0.3 is 14.5 Å². The van der Waals surface area contributed by atoms with Crippen LogP contribution >= 0.6 is 0 Å². The SMILES string of the molecule is CC(C)c1cc(C(C)C)c(-c2cc(Oc3ccc4c5ccccc5n(-c5cc(C(C)(C)C)ccn5)c4c3)cc(N3CN(c4ccccc4-c4ccc(F)cc4)c4ccccc43)c2)c(C(C)C)c1. The molecule has 336 valence electrons. The summed E-state index contributed by atoms with van der Waals surface area (Å²) in [7, 11) is 0. The first-order valence-electron chi connectivity index (χ1n) is 23.7. The summed E-state index contributed by atoms with van der Waals surface area (Å²) in [6.45, 7) is 21.1. The van der Waals surface area contributed by atoms with Crippen LogP contribution in [0.4, 0.5) is 27.1 Å². The van der Waals surface area contributed by atoms with Crippen molar-refractivity contribution in [3.63, 3.8) is 0 Å². The van der Waals surface area contributed by atoms with Crippen LogP contribution in [-0.4, -0.2) is 16.2 Å². The standard InChI is InChI=1S/C61H59FN4O/c1-38(2)42-32-52(39(3)4)60(53(33-42)40(5)6)43-30-46(64-37-65(57-21-15-14-20-56(57)64)54-18-12-10-16-49(54)41-22-24-45(62)25-23-41)35-48(31-43)67-47-26-27-51-50-17-11-13-19-55(50)66(58(51)36-47)59-34-44(28-29-63-59)61(7,8)9/h10-36,38-40H,37H2,1-9H3. The Morgan fingerprint density at radius 3 is 1.88 bits per heavy atom. The lowest BCUT2D eigenvalue weighted by molar-refractivity contribution is 0.483. The lowest BCUT2D eigenvalue weighted by Crippen LogP contribution is -2.24. The number of benzene rings is 7. The number of ether oxygens (including phenoxy) is 1. The number of rotatable bonds is 10. The van der Waals surface area contributed by atoms with E-state index in [9.17, 15) is 4.39 Å². The molecule has 10 rings (SSSR count). The molecule has 0 atom stereocenters. The van der Waals surface area contributed by atoms with Gasteiger partial charge in [0.15, 0.2) is 0 Å². The second-order valence-electron chi connectivity index (χ2n) is 20.1. The predicted molar refractivity (Wildman–Crippen MR) is 279 cm³/mol. The number of aromatic nitrogens is 2. The van der Waals surface area contributed by atoms with E-state index in [-0.39, 0.29) is 11.2 Å². The molecule has 0 fully saturated rings.